The van der Waals surface area contributed by atoms with Crippen molar-refractivity contribution in [1.29, 1.82) is 0 Å². The average molecular weight is 364 g/mol. The molecule has 1 unspecified atom stereocenters. The van der Waals surface area contributed by atoms with Crippen molar-refractivity contribution in [3.05, 3.63) is 51.9 Å². The number of amides is 1. The number of nitrogens with zero attached hydrogens (tertiary/aromatic N) is 5. The SMILES string of the molecule is O=C(c1ccc2n[nH]nc2c1)N1CCCC1Cn1nc(C2CC2)ccc1=O. The van der Waals surface area contributed by atoms with Crippen LogP contribution in [-0.2, 0) is 6.54 Å². The largest absolute Gasteiger partial charge is 0.334 e. The van der Waals surface area contributed by atoms with Crippen molar-refractivity contribution in [2.75, 3.05) is 6.54 Å². The molecule has 5 rings (SSSR count). The molecule has 1 aromatic carbocycles. The molecule has 2 aromatic heterocycles. The Labute approximate surface area is 155 Å². The lowest BCUT2D eigenvalue weighted by Crippen LogP contribution is -2.40. The molecule has 138 valence electrons. The Kier molecular flexibility index (Phi) is 3.77. The first-order chi connectivity index (χ1) is 13.2. The molecule has 1 saturated heterocycles. The second-order valence-electron chi connectivity index (χ2n) is 7.37. The van der Waals surface area contributed by atoms with E-state index in [0.29, 0.717) is 30.1 Å². The topological polar surface area (TPSA) is 96.8 Å². The number of likely N-dealkylation sites (tertiary alicyclic amines) is 1. The highest BCUT2D eigenvalue weighted by Crippen LogP contribution is 2.38. The third-order valence-electron chi connectivity index (χ3n) is 5.47. The fourth-order valence-corrected chi connectivity index (χ4v) is 3.82. The van der Waals surface area contributed by atoms with Gasteiger partial charge in [0.05, 0.1) is 18.3 Å². The van der Waals surface area contributed by atoms with E-state index in [9.17, 15) is 9.59 Å². The van der Waals surface area contributed by atoms with Gasteiger partial charge in [-0.3, -0.25) is 9.59 Å². The predicted octanol–water partition coefficient (Wildman–Crippen LogP) is 1.70. The lowest BCUT2D eigenvalue weighted by Gasteiger charge is -2.25. The molecule has 2 aliphatic rings. The molecule has 0 spiro atoms. The molecule has 1 N–H and O–H groups in total. The van der Waals surface area contributed by atoms with Crippen molar-refractivity contribution in [2.24, 2.45) is 0 Å². The highest BCUT2D eigenvalue weighted by atomic mass is 16.2. The zero-order valence-electron chi connectivity index (χ0n) is 14.8. The molecule has 0 bridgehead atoms. The van der Waals surface area contributed by atoms with Crippen LogP contribution in [0.4, 0.5) is 0 Å². The molecule has 3 aromatic rings. The Hall–Kier alpha value is -3.03. The second-order valence-corrected chi connectivity index (χ2v) is 7.37. The molecule has 2 fully saturated rings. The van der Waals surface area contributed by atoms with Gasteiger partial charge in [0.25, 0.3) is 11.5 Å². The van der Waals surface area contributed by atoms with Crippen LogP contribution in [0.2, 0.25) is 0 Å². The summed E-state index contributed by atoms with van der Waals surface area (Å²) in [6.45, 7) is 1.13. The first-order valence-electron chi connectivity index (χ1n) is 9.38. The Morgan fingerprint density at radius 2 is 1.96 bits per heavy atom. The van der Waals surface area contributed by atoms with Gasteiger partial charge < -0.3 is 4.90 Å². The van der Waals surface area contributed by atoms with Gasteiger partial charge in [-0.1, -0.05) is 0 Å². The van der Waals surface area contributed by atoms with Crippen LogP contribution in [0.3, 0.4) is 0 Å². The number of hydrogen-bond acceptors (Lipinski definition) is 5. The Balaban J connectivity index is 1.39. The molecule has 8 nitrogen and oxygen atoms in total. The number of benzene rings is 1. The summed E-state index contributed by atoms with van der Waals surface area (Å²) < 4.78 is 1.53. The highest BCUT2D eigenvalue weighted by Gasteiger charge is 2.31. The van der Waals surface area contributed by atoms with Crippen LogP contribution in [0.15, 0.2) is 35.1 Å². The van der Waals surface area contributed by atoms with Gasteiger partial charge in [-0.05, 0) is 49.9 Å². The number of nitrogens with one attached hydrogen (secondary N) is 1. The minimum Gasteiger partial charge on any atom is -0.334 e. The molecular weight excluding hydrogens is 344 g/mol. The molecular formula is C19H20N6O2. The summed E-state index contributed by atoms with van der Waals surface area (Å²) in [5.74, 6) is 0.459. The molecule has 1 aliphatic heterocycles. The van der Waals surface area contributed by atoms with Crippen LogP contribution in [-0.4, -0.2) is 48.6 Å². The third kappa shape index (κ3) is 3.01. The quantitative estimate of drug-likeness (QED) is 0.760. The van der Waals surface area contributed by atoms with Gasteiger partial charge in [-0.2, -0.15) is 20.5 Å². The number of fused-ring (bicyclic) bond motifs is 1. The minimum atomic E-state index is -0.109. The van der Waals surface area contributed by atoms with E-state index in [2.05, 4.69) is 20.5 Å². The lowest BCUT2D eigenvalue weighted by molar-refractivity contribution is 0.0720. The molecule has 1 atom stereocenters. The standard InChI is InChI=1S/C19H20N6O2/c26-18-8-7-15(12-3-4-12)22-25(18)11-14-2-1-9-24(14)19(27)13-5-6-16-17(10-13)21-23-20-16/h5-8,10,12,14H,1-4,9,11H2,(H,20,21,23). The predicted molar refractivity (Wildman–Crippen MR) is 98.4 cm³/mol. The van der Waals surface area contributed by atoms with Gasteiger partial charge in [0, 0.05) is 24.1 Å². The summed E-state index contributed by atoms with van der Waals surface area (Å²) in [5.41, 5.74) is 2.88. The number of H-pyrrole nitrogens is 1. The fraction of sp³-hybridized carbons (Fsp3) is 0.421. The number of aromatic nitrogens is 5. The Morgan fingerprint density at radius 1 is 1.11 bits per heavy atom. The van der Waals surface area contributed by atoms with Gasteiger partial charge in [0.15, 0.2) is 0 Å². The van der Waals surface area contributed by atoms with E-state index in [1.165, 1.54) is 4.68 Å². The second kappa shape index (κ2) is 6.29. The molecule has 0 radical (unpaired) electrons. The zero-order chi connectivity index (χ0) is 18.4. The van der Waals surface area contributed by atoms with Gasteiger partial charge in [0.1, 0.15) is 11.0 Å². The fourth-order valence-electron chi connectivity index (χ4n) is 3.82. The summed E-state index contributed by atoms with van der Waals surface area (Å²) in [6, 6.07) is 8.74. The summed E-state index contributed by atoms with van der Waals surface area (Å²) in [4.78, 5) is 27.1. The highest BCUT2D eigenvalue weighted by molar-refractivity contribution is 5.97. The minimum absolute atomic E-state index is 0.0230. The van der Waals surface area contributed by atoms with Crippen molar-refractivity contribution in [3.8, 4) is 0 Å². The van der Waals surface area contributed by atoms with Crippen LogP contribution in [0.25, 0.3) is 11.0 Å². The summed E-state index contributed by atoms with van der Waals surface area (Å²) in [7, 11) is 0. The molecule has 1 aliphatic carbocycles. The van der Waals surface area contributed by atoms with Crippen molar-refractivity contribution in [1.82, 2.24) is 30.1 Å². The number of hydrogen-bond donors (Lipinski definition) is 1. The summed E-state index contributed by atoms with van der Waals surface area (Å²) in [6.07, 6.45) is 4.09. The molecule has 8 heteroatoms. The van der Waals surface area contributed by atoms with Crippen molar-refractivity contribution < 1.29 is 4.79 Å². The van der Waals surface area contributed by atoms with Gasteiger partial charge in [0.2, 0.25) is 0 Å². The van der Waals surface area contributed by atoms with Crippen LogP contribution >= 0.6 is 0 Å². The van der Waals surface area contributed by atoms with E-state index in [4.69, 9.17) is 0 Å². The first kappa shape index (κ1) is 16.2. The van der Waals surface area contributed by atoms with Gasteiger partial charge in [-0.15, -0.1) is 0 Å². The average Bonchev–Trinajstić information content (AvgIpc) is 3.24. The molecule has 1 saturated carbocycles. The van der Waals surface area contributed by atoms with Crippen LogP contribution in [0.5, 0.6) is 0 Å². The maximum atomic E-state index is 13.0. The Bertz CT molecular complexity index is 1070. The van der Waals surface area contributed by atoms with Crippen molar-refractivity contribution in [3.63, 3.8) is 0 Å². The number of carbonyl (C=O) groups is 1. The van der Waals surface area contributed by atoms with E-state index in [0.717, 1.165) is 36.9 Å². The molecule has 27 heavy (non-hydrogen) atoms. The van der Waals surface area contributed by atoms with Gasteiger partial charge in [-0.25, -0.2) is 4.68 Å². The van der Waals surface area contributed by atoms with Crippen LogP contribution in [0, 0.1) is 0 Å². The number of rotatable bonds is 4. The smallest absolute Gasteiger partial charge is 0.266 e. The summed E-state index contributed by atoms with van der Waals surface area (Å²) >= 11 is 0. The maximum Gasteiger partial charge on any atom is 0.266 e. The summed E-state index contributed by atoms with van der Waals surface area (Å²) in [5, 5.41) is 15.2. The van der Waals surface area contributed by atoms with E-state index < -0.39 is 0 Å². The zero-order valence-corrected chi connectivity index (χ0v) is 14.8. The maximum absolute atomic E-state index is 13.0. The van der Waals surface area contributed by atoms with Crippen molar-refractivity contribution in [2.45, 2.75) is 44.2 Å². The van der Waals surface area contributed by atoms with E-state index in [1.54, 1.807) is 24.3 Å². The van der Waals surface area contributed by atoms with Crippen LogP contribution < -0.4 is 5.56 Å². The molecule has 1 amide bonds. The van der Waals surface area contributed by atoms with Crippen LogP contribution in [0.1, 0.15) is 47.7 Å². The van der Waals surface area contributed by atoms with E-state index in [1.807, 2.05) is 11.0 Å². The van der Waals surface area contributed by atoms with E-state index >= 15 is 0 Å². The number of aromatic amines is 1. The Morgan fingerprint density at radius 3 is 2.81 bits per heavy atom. The monoisotopic (exact) mass is 364 g/mol. The number of carbonyl (C=O) groups excluding carboxylic acids is 1. The first-order valence-corrected chi connectivity index (χ1v) is 9.38. The van der Waals surface area contributed by atoms with Crippen molar-refractivity contribution >= 4 is 16.9 Å². The lowest BCUT2D eigenvalue weighted by atomic mass is 10.1. The van der Waals surface area contributed by atoms with E-state index in [-0.39, 0.29) is 17.5 Å². The molecule has 3 heterocycles. The third-order valence-corrected chi connectivity index (χ3v) is 5.47. The van der Waals surface area contributed by atoms with Gasteiger partial charge >= 0.3 is 0 Å². The normalized spacial score (nSPS) is 19.7.